The van der Waals surface area contributed by atoms with E-state index in [-0.39, 0.29) is 12.3 Å². The lowest BCUT2D eigenvalue weighted by Gasteiger charge is -2.07. The number of carbonyl (C=O) groups is 1. The van der Waals surface area contributed by atoms with Crippen LogP contribution in [0.3, 0.4) is 0 Å². The molecule has 7 heteroatoms. The molecule has 1 aromatic carbocycles. The van der Waals surface area contributed by atoms with Crippen LogP contribution in [-0.2, 0) is 17.8 Å². The van der Waals surface area contributed by atoms with Crippen molar-refractivity contribution >= 4 is 11.6 Å². The zero-order valence-corrected chi connectivity index (χ0v) is 15.5. The molecule has 2 heterocycles. The summed E-state index contributed by atoms with van der Waals surface area (Å²) in [5.74, 6) is 0.788. The zero-order valence-electron chi connectivity index (χ0n) is 15.5. The van der Waals surface area contributed by atoms with E-state index in [0.29, 0.717) is 18.2 Å². The third kappa shape index (κ3) is 3.99. The summed E-state index contributed by atoms with van der Waals surface area (Å²) in [5, 5.41) is 15.4. The van der Waals surface area contributed by atoms with Crippen molar-refractivity contribution < 1.29 is 9.21 Å². The Bertz CT molecular complexity index is 926. The largest absolute Gasteiger partial charge is 0.419 e. The predicted molar refractivity (Wildman–Crippen MR) is 98.8 cm³/mol. The fraction of sp³-hybridized carbons (Fsp3) is 0.368. The van der Waals surface area contributed by atoms with Crippen LogP contribution in [0.15, 0.2) is 28.7 Å². The number of carbonyl (C=O) groups excluding carboxylic acids is 1. The van der Waals surface area contributed by atoms with Gasteiger partial charge in [0.2, 0.25) is 11.8 Å². The van der Waals surface area contributed by atoms with Crippen LogP contribution < -0.4 is 5.32 Å². The highest BCUT2D eigenvalue weighted by Gasteiger charge is 2.15. The summed E-state index contributed by atoms with van der Waals surface area (Å²) >= 11 is 0. The van der Waals surface area contributed by atoms with Gasteiger partial charge in [-0.3, -0.25) is 9.48 Å². The monoisotopic (exact) mass is 353 g/mol. The van der Waals surface area contributed by atoms with Gasteiger partial charge in [-0.15, -0.1) is 10.2 Å². The van der Waals surface area contributed by atoms with Gasteiger partial charge in [0.25, 0.3) is 5.89 Å². The number of amides is 1. The first-order chi connectivity index (χ1) is 12.5. The van der Waals surface area contributed by atoms with Crippen molar-refractivity contribution in [3.63, 3.8) is 0 Å². The van der Waals surface area contributed by atoms with Gasteiger partial charge in [0, 0.05) is 25.1 Å². The van der Waals surface area contributed by atoms with Gasteiger partial charge >= 0.3 is 0 Å². The van der Waals surface area contributed by atoms with Crippen LogP contribution in [0.1, 0.15) is 36.1 Å². The molecular weight excluding hydrogens is 330 g/mol. The topological polar surface area (TPSA) is 85.8 Å². The molecule has 3 aromatic rings. The maximum absolute atomic E-state index is 12.1. The van der Waals surface area contributed by atoms with Gasteiger partial charge in [-0.25, -0.2) is 0 Å². The van der Waals surface area contributed by atoms with Crippen LogP contribution in [-0.4, -0.2) is 25.9 Å². The van der Waals surface area contributed by atoms with Crippen LogP contribution >= 0.6 is 0 Å². The molecule has 136 valence electrons. The molecule has 26 heavy (non-hydrogen) atoms. The summed E-state index contributed by atoms with van der Waals surface area (Å²) in [6, 6.07) is 7.77. The Labute approximate surface area is 152 Å². The Morgan fingerprint density at radius 1 is 1.15 bits per heavy atom. The molecule has 0 spiro atoms. The second-order valence-corrected chi connectivity index (χ2v) is 6.33. The molecule has 3 rings (SSSR count). The molecular formula is C19H23N5O2. The summed E-state index contributed by atoms with van der Waals surface area (Å²) in [7, 11) is 0. The first-order valence-corrected chi connectivity index (χ1v) is 8.70. The van der Waals surface area contributed by atoms with Gasteiger partial charge in [-0.1, -0.05) is 6.07 Å². The van der Waals surface area contributed by atoms with Gasteiger partial charge in [0.05, 0.1) is 5.69 Å². The van der Waals surface area contributed by atoms with Gasteiger partial charge in [0.15, 0.2) is 0 Å². The molecule has 0 saturated carbocycles. The fourth-order valence-electron chi connectivity index (χ4n) is 2.68. The molecule has 0 aliphatic heterocycles. The van der Waals surface area contributed by atoms with Gasteiger partial charge in [-0.05, 0) is 57.0 Å². The molecule has 1 N–H and O–H groups in total. The van der Waals surface area contributed by atoms with Gasteiger partial charge < -0.3 is 9.73 Å². The van der Waals surface area contributed by atoms with Crippen LogP contribution in [0.5, 0.6) is 0 Å². The average molecular weight is 353 g/mol. The molecule has 0 radical (unpaired) electrons. The first kappa shape index (κ1) is 17.8. The SMILES string of the molecule is CCn1nc(C)cc1-c1nnc(CCC(=O)Nc2ccc(C)c(C)c2)o1. The standard InChI is InChI=1S/C19H23N5O2/c1-5-24-16(11-14(4)23-24)19-22-21-18(26-19)9-8-17(25)20-15-7-6-12(2)13(3)10-15/h6-7,10-11H,5,8-9H2,1-4H3,(H,20,25). The normalized spacial score (nSPS) is 10.9. The van der Waals surface area contributed by atoms with Crippen molar-refractivity contribution in [2.24, 2.45) is 0 Å². The van der Waals surface area contributed by atoms with Crippen LogP contribution in [0, 0.1) is 20.8 Å². The zero-order chi connectivity index (χ0) is 18.7. The maximum atomic E-state index is 12.1. The third-order valence-electron chi connectivity index (χ3n) is 4.24. The second kappa shape index (κ2) is 7.51. The lowest BCUT2D eigenvalue weighted by Crippen LogP contribution is -2.12. The van der Waals surface area contributed by atoms with Crippen LogP contribution in [0.4, 0.5) is 5.69 Å². The van der Waals surface area contributed by atoms with E-state index in [4.69, 9.17) is 4.42 Å². The third-order valence-corrected chi connectivity index (χ3v) is 4.24. The molecule has 0 unspecified atom stereocenters. The Balaban J connectivity index is 1.60. The van der Waals surface area contributed by atoms with E-state index in [1.54, 1.807) is 0 Å². The lowest BCUT2D eigenvalue weighted by molar-refractivity contribution is -0.116. The van der Waals surface area contributed by atoms with Crippen LogP contribution in [0.25, 0.3) is 11.6 Å². The first-order valence-electron chi connectivity index (χ1n) is 8.70. The number of anilines is 1. The molecule has 2 aromatic heterocycles. The Morgan fingerprint density at radius 3 is 2.69 bits per heavy atom. The van der Waals surface area contributed by atoms with Crippen molar-refractivity contribution in [1.29, 1.82) is 0 Å². The minimum absolute atomic E-state index is 0.0811. The van der Waals surface area contributed by atoms with E-state index >= 15 is 0 Å². The predicted octanol–water partition coefficient (Wildman–Crippen LogP) is 3.45. The molecule has 1 amide bonds. The van der Waals surface area contributed by atoms with E-state index in [0.717, 1.165) is 29.2 Å². The van der Waals surface area contributed by atoms with Crippen molar-refractivity contribution in [2.45, 2.75) is 47.1 Å². The van der Waals surface area contributed by atoms with Crippen molar-refractivity contribution in [3.05, 3.63) is 47.0 Å². The average Bonchev–Trinajstić information content (AvgIpc) is 3.22. The minimum atomic E-state index is -0.0811. The molecule has 0 aliphatic rings. The molecule has 7 nitrogen and oxygen atoms in total. The Kier molecular flexibility index (Phi) is 5.16. The van der Waals surface area contributed by atoms with Crippen molar-refractivity contribution in [2.75, 3.05) is 5.32 Å². The smallest absolute Gasteiger partial charge is 0.265 e. The highest BCUT2D eigenvalue weighted by molar-refractivity contribution is 5.90. The maximum Gasteiger partial charge on any atom is 0.265 e. The molecule has 0 saturated heterocycles. The molecule has 0 atom stereocenters. The van der Waals surface area contributed by atoms with E-state index < -0.39 is 0 Å². The van der Waals surface area contributed by atoms with Gasteiger partial charge in [0.1, 0.15) is 5.69 Å². The summed E-state index contributed by atoms with van der Waals surface area (Å²) < 4.78 is 7.52. The highest BCUT2D eigenvalue weighted by Crippen LogP contribution is 2.20. The number of nitrogens with zero attached hydrogens (tertiary/aromatic N) is 4. The van der Waals surface area contributed by atoms with E-state index in [1.165, 1.54) is 5.56 Å². The van der Waals surface area contributed by atoms with E-state index in [9.17, 15) is 4.79 Å². The summed E-state index contributed by atoms with van der Waals surface area (Å²) in [6.07, 6.45) is 0.670. The number of aryl methyl sites for hydroxylation is 5. The number of hydrogen-bond acceptors (Lipinski definition) is 5. The minimum Gasteiger partial charge on any atom is -0.419 e. The fourth-order valence-corrected chi connectivity index (χ4v) is 2.68. The number of benzene rings is 1. The molecule has 0 fully saturated rings. The van der Waals surface area contributed by atoms with Crippen molar-refractivity contribution in [1.82, 2.24) is 20.0 Å². The number of nitrogens with one attached hydrogen (secondary N) is 1. The highest BCUT2D eigenvalue weighted by atomic mass is 16.4. The van der Waals surface area contributed by atoms with E-state index in [1.807, 2.05) is 56.6 Å². The lowest BCUT2D eigenvalue weighted by atomic mass is 10.1. The molecule has 0 bridgehead atoms. The summed E-state index contributed by atoms with van der Waals surface area (Å²) in [4.78, 5) is 12.1. The Hall–Kier alpha value is -2.96. The van der Waals surface area contributed by atoms with Crippen molar-refractivity contribution in [3.8, 4) is 11.6 Å². The Morgan fingerprint density at radius 2 is 1.96 bits per heavy atom. The summed E-state index contributed by atoms with van der Waals surface area (Å²) in [6.45, 7) is 8.71. The quantitative estimate of drug-likeness (QED) is 0.733. The number of aromatic nitrogens is 4. The van der Waals surface area contributed by atoms with E-state index in [2.05, 4.69) is 20.6 Å². The van der Waals surface area contributed by atoms with Gasteiger partial charge in [-0.2, -0.15) is 5.10 Å². The van der Waals surface area contributed by atoms with Crippen LogP contribution in [0.2, 0.25) is 0 Å². The molecule has 0 aliphatic carbocycles. The number of hydrogen-bond donors (Lipinski definition) is 1. The summed E-state index contributed by atoms with van der Waals surface area (Å²) in [5.41, 5.74) is 4.83. The number of rotatable bonds is 6. The second-order valence-electron chi connectivity index (χ2n) is 6.33.